The van der Waals surface area contributed by atoms with Crippen LogP contribution in [0.3, 0.4) is 0 Å². The van der Waals surface area contributed by atoms with E-state index in [1.165, 1.54) is 19.4 Å². The zero-order chi connectivity index (χ0) is 14.3. The van der Waals surface area contributed by atoms with Crippen molar-refractivity contribution in [3.05, 3.63) is 0 Å². The maximum atomic E-state index is 11.2. The molecule has 0 N–H and O–H groups in total. The molecule has 1 fully saturated rings. The lowest BCUT2D eigenvalue weighted by Gasteiger charge is -2.33. The molecule has 0 saturated carbocycles. The van der Waals surface area contributed by atoms with Crippen LogP contribution < -0.4 is 0 Å². The van der Waals surface area contributed by atoms with Gasteiger partial charge in [-0.15, -0.1) is 0 Å². The van der Waals surface area contributed by atoms with Crippen LogP contribution in [0.15, 0.2) is 0 Å². The van der Waals surface area contributed by atoms with E-state index < -0.39 is 0 Å². The van der Waals surface area contributed by atoms with Crippen molar-refractivity contribution < 1.29 is 9.53 Å². The zero-order valence-electron chi connectivity index (χ0n) is 13.0. The Bertz CT molecular complexity index is 269. The molecule has 1 amide bonds. The lowest BCUT2D eigenvalue weighted by molar-refractivity contribution is -0.128. The van der Waals surface area contributed by atoms with E-state index in [0.717, 1.165) is 38.6 Å². The van der Waals surface area contributed by atoms with E-state index in [1.807, 2.05) is 7.05 Å². The summed E-state index contributed by atoms with van der Waals surface area (Å²) < 4.78 is 5.79. The number of hydrogen-bond donors (Lipinski definition) is 0. The minimum absolute atomic E-state index is 0.129. The second-order valence-electron chi connectivity index (χ2n) is 6.06. The van der Waals surface area contributed by atoms with Crippen LogP contribution >= 0.6 is 0 Å². The third kappa shape index (κ3) is 6.92. The Hall–Kier alpha value is -0.610. The van der Waals surface area contributed by atoms with Gasteiger partial charge in [0.2, 0.25) is 5.91 Å². The van der Waals surface area contributed by atoms with Crippen molar-refractivity contribution in [3.8, 4) is 0 Å². The Kier molecular flexibility index (Phi) is 7.39. The number of carbonyl (C=O) groups is 1. The van der Waals surface area contributed by atoms with Crippen LogP contribution in [0.2, 0.25) is 0 Å². The van der Waals surface area contributed by atoms with Gasteiger partial charge in [0, 0.05) is 33.6 Å². The molecule has 0 aromatic rings. The van der Waals surface area contributed by atoms with Crippen LogP contribution in [-0.2, 0) is 9.53 Å². The summed E-state index contributed by atoms with van der Waals surface area (Å²) in [5.74, 6) is 0.922. The van der Waals surface area contributed by atoms with Gasteiger partial charge in [-0.3, -0.25) is 9.69 Å². The summed E-state index contributed by atoms with van der Waals surface area (Å²) in [6.07, 6.45) is 3.80. The Morgan fingerprint density at radius 2 is 2.21 bits per heavy atom. The zero-order valence-corrected chi connectivity index (χ0v) is 13.0. The van der Waals surface area contributed by atoms with Gasteiger partial charge in [0.15, 0.2) is 0 Å². The van der Waals surface area contributed by atoms with Crippen LogP contribution in [0.1, 0.15) is 40.0 Å². The number of amides is 1. The van der Waals surface area contributed by atoms with Gasteiger partial charge in [-0.25, -0.2) is 0 Å². The van der Waals surface area contributed by atoms with Crippen molar-refractivity contribution in [1.29, 1.82) is 0 Å². The second-order valence-corrected chi connectivity index (χ2v) is 6.06. The molecule has 112 valence electrons. The molecule has 0 aromatic carbocycles. The maximum Gasteiger partial charge on any atom is 0.219 e. The molecule has 19 heavy (non-hydrogen) atoms. The minimum Gasteiger partial charge on any atom is -0.375 e. The molecule has 0 bridgehead atoms. The summed E-state index contributed by atoms with van der Waals surface area (Å²) in [6.45, 7) is 11.0. The summed E-state index contributed by atoms with van der Waals surface area (Å²) in [4.78, 5) is 15.4. The lowest BCUT2D eigenvalue weighted by Crippen LogP contribution is -2.44. The molecule has 1 heterocycles. The van der Waals surface area contributed by atoms with Gasteiger partial charge in [0.1, 0.15) is 0 Å². The van der Waals surface area contributed by atoms with Crippen molar-refractivity contribution in [1.82, 2.24) is 9.80 Å². The molecule has 0 radical (unpaired) electrons. The van der Waals surface area contributed by atoms with Crippen molar-refractivity contribution in [2.24, 2.45) is 5.92 Å². The quantitative estimate of drug-likeness (QED) is 0.709. The normalized spacial score (nSPS) is 20.8. The topological polar surface area (TPSA) is 32.8 Å². The third-order valence-corrected chi connectivity index (χ3v) is 3.80. The summed E-state index contributed by atoms with van der Waals surface area (Å²) in [6, 6.07) is 0. The summed E-state index contributed by atoms with van der Waals surface area (Å²) in [5, 5.41) is 0. The molecule has 1 atom stereocenters. The van der Waals surface area contributed by atoms with E-state index in [4.69, 9.17) is 4.74 Å². The molecule has 0 aliphatic carbocycles. The van der Waals surface area contributed by atoms with E-state index in [0.29, 0.717) is 0 Å². The predicted octanol–water partition coefficient (Wildman–Crippen LogP) is 1.99. The van der Waals surface area contributed by atoms with Gasteiger partial charge in [-0.05, 0) is 31.7 Å². The lowest BCUT2D eigenvalue weighted by atomic mass is 10.1. The number of carbonyl (C=O) groups excluding carboxylic acids is 1. The fourth-order valence-electron chi connectivity index (χ4n) is 2.38. The molecule has 0 spiro atoms. The van der Waals surface area contributed by atoms with Gasteiger partial charge in [0.25, 0.3) is 0 Å². The molecule has 1 aliphatic heterocycles. The maximum absolute atomic E-state index is 11.2. The highest BCUT2D eigenvalue weighted by atomic mass is 16.5. The molecule has 1 rings (SSSR count). The highest BCUT2D eigenvalue weighted by Crippen LogP contribution is 2.11. The van der Waals surface area contributed by atoms with E-state index in [2.05, 4.69) is 18.7 Å². The van der Waals surface area contributed by atoms with Gasteiger partial charge < -0.3 is 9.64 Å². The SMILES string of the molecule is CC(=O)N(C)CC[C@H]1CN(CCCC(C)C)CCO1. The third-order valence-electron chi connectivity index (χ3n) is 3.80. The van der Waals surface area contributed by atoms with Crippen LogP contribution in [0.5, 0.6) is 0 Å². The molecule has 4 nitrogen and oxygen atoms in total. The first-order valence-electron chi connectivity index (χ1n) is 7.54. The molecule has 0 aromatic heterocycles. The highest BCUT2D eigenvalue weighted by molar-refractivity contribution is 5.72. The molecule has 4 heteroatoms. The minimum atomic E-state index is 0.129. The number of ether oxygens (including phenoxy) is 1. The Morgan fingerprint density at radius 1 is 1.47 bits per heavy atom. The van der Waals surface area contributed by atoms with Gasteiger partial charge in [0.05, 0.1) is 12.7 Å². The van der Waals surface area contributed by atoms with Crippen LogP contribution in [0, 0.1) is 5.92 Å². The van der Waals surface area contributed by atoms with Crippen LogP contribution in [0.25, 0.3) is 0 Å². The monoisotopic (exact) mass is 270 g/mol. The smallest absolute Gasteiger partial charge is 0.219 e. The van der Waals surface area contributed by atoms with Crippen molar-refractivity contribution >= 4 is 5.91 Å². The van der Waals surface area contributed by atoms with E-state index in [9.17, 15) is 4.79 Å². The van der Waals surface area contributed by atoms with Crippen molar-refractivity contribution in [3.63, 3.8) is 0 Å². The Balaban J connectivity index is 2.20. The first kappa shape index (κ1) is 16.4. The number of hydrogen-bond acceptors (Lipinski definition) is 3. The van der Waals surface area contributed by atoms with Gasteiger partial charge >= 0.3 is 0 Å². The first-order chi connectivity index (χ1) is 8.99. The largest absolute Gasteiger partial charge is 0.375 e. The fraction of sp³-hybridized carbons (Fsp3) is 0.933. The number of morpholine rings is 1. The summed E-state index contributed by atoms with van der Waals surface area (Å²) >= 11 is 0. The van der Waals surface area contributed by atoms with Gasteiger partial charge in [-0.1, -0.05) is 13.8 Å². The van der Waals surface area contributed by atoms with E-state index >= 15 is 0 Å². The predicted molar refractivity (Wildman–Crippen MR) is 78.2 cm³/mol. The average molecular weight is 270 g/mol. The Labute approximate surface area is 118 Å². The number of rotatable bonds is 7. The molecular formula is C15H30N2O2. The van der Waals surface area contributed by atoms with Crippen molar-refractivity contribution in [2.75, 3.05) is 39.8 Å². The second kappa shape index (κ2) is 8.54. The average Bonchev–Trinajstić information content (AvgIpc) is 2.36. The van der Waals surface area contributed by atoms with Gasteiger partial charge in [-0.2, -0.15) is 0 Å². The van der Waals surface area contributed by atoms with Crippen LogP contribution in [0.4, 0.5) is 0 Å². The van der Waals surface area contributed by atoms with Crippen molar-refractivity contribution in [2.45, 2.75) is 46.1 Å². The first-order valence-corrected chi connectivity index (χ1v) is 7.54. The molecule has 1 aliphatic rings. The Morgan fingerprint density at radius 3 is 2.84 bits per heavy atom. The molecule has 0 unspecified atom stereocenters. The molecule has 1 saturated heterocycles. The summed E-state index contributed by atoms with van der Waals surface area (Å²) in [7, 11) is 1.85. The molecular weight excluding hydrogens is 240 g/mol. The highest BCUT2D eigenvalue weighted by Gasteiger charge is 2.20. The number of nitrogens with zero attached hydrogens (tertiary/aromatic N) is 2. The van der Waals surface area contributed by atoms with E-state index in [-0.39, 0.29) is 12.0 Å². The fourth-order valence-corrected chi connectivity index (χ4v) is 2.38. The standard InChI is InChI=1S/C15H30N2O2/c1-13(2)6-5-8-17-10-11-19-15(12-17)7-9-16(4)14(3)18/h13,15H,5-12H2,1-4H3/t15-/m0/s1. The van der Waals surface area contributed by atoms with E-state index in [1.54, 1.807) is 11.8 Å². The summed E-state index contributed by atoms with van der Waals surface area (Å²) in [5.41, 5.74) is 0. The van der Waals surface area contributed by atoms with Crippen LogP contribution in [-0.4, -0.2) is 61.6 Å².